The summed E-state index contributed by atoms with van der Waals surface area (Å²) in [5.41, 5.74) is 2.02. The van der Waals surface area contributed by atoms with E-state index >= 15 is 0 Å². The zero-order valence-corrected chi connectivity index (χ0v) is 16.7. The Balaban J connectivity index is 1.53. The molecule has 3 aromatic rings. The number of benzene rings is 3. The van der Waals surface area contributed by atoms with E-state index in [4.69, 9.17) is 4.74 Å². The van der Waals surface area contributed by atoms with Gasteiger partial charge in [-0.15, -0.1) is 11.8 Å². The Labute approximate surface area is 168 Å². The molecule has 0 aliphatic rings. The first kappa shape index (κ1) is 19.4. The number of hydrogen-bond acceptors (Lipinski definition) is 4. The monoisotopic (exact) mass is 395 g/mol. The summed E-state index contributed by atoms with van der Waals surface area (Å²) in [5.74, 6) is 2.05. The molecule has 0 spiro atoms. The lowest BCUT2D eigenvalue weighted by molar-refractivity contribution is -0.113. The van der Waals surface area contributed by atoms with E-state index in [9.17, 15) is 4.79 Å². The van der Waals surface area contributed by atoms with Crippen LogP contribution in [-0.4, -0.2) is 18.8 Å². The first-order valence-electron chi connectivity index (χ1n) is 8.57. The number of nitrogens with one attached hydrogen (secondary N) is 1. The molecule has 0 atom stereocenters. The van der Waals surface area contributed by atoms with E-state index in [0.717, 1.165) is 27.0 Å². The van der Waals surface area contributed by atoms with Crippen LogP contribution in [-0.2, 0) is 10.5 Å². The summed E-state index contributed by atoms with van der Waals surface area (Å²) in [5, 5.41) is 3.03. The lowest BCUT2D eigenvalue weighted by atomic mass is 10.2. The Morgan fingerprint density at radius 3 is 2.37 bits per heavy atom. The van der Waals surface area contributed by atoms with Crippen LogP contribution in [0.5, 0.6) is 5.75 Å². The van der Waals surface area contributed by atoms with Crippen molar-refractivity contribution < 1.29 is 9.53 Å². The average Bonchev–Trinajstić information content (AvgIpc) is 2.71. The van der Waals surface area contributed by atoms with Crippen molar-refractivity contribution in [1.82, 2.24) is 0 Å². The molecule has 1 N–H and O–H groups in total. The van der Waals surface area contributed by atoms with Gasteiger partial charge in [-0.3, -0.25) is 4.79 Å². The number of para-hydroxylation sites is 1. The highest BCUT2D eigenvalue weighted by Gasteiger charge is 2.08. The second-order valence-electron chi connectivity index (χ2n) is 5.80. The summed E-state index contributed by atoms with van der Waals surface area (Å²) in [7, 11) is 1.65. The largest absolute Gasteiger partial charge is 0.497 e. The zero-order valence-electron chi connectivity index (χ0n) is 15.1. The van der Waals surface area contributed by atoms with E-state index in [1.54, 1.807) is 30.6 Å². The van der Waals surface area contributed by atoms with Gasteiger partial charge in [-0.05, 0) is 42.0 Å². The second-order valence-corrected chi connectivity index (χ2v) is 7.90. The van der Waals surface area contributed by atoms with Crippen LogP contribution in [0.2, 0.25) is 0 Å². The Hall–Kier alpha value is -2.37. The number of rotatable bonds is 8. The van der Waals surface area contributed by atoms with Crippen LogP contribution in [0.4, 0.5) is 5.69 Å². The molecule has 27 heavy (non-hydrogen) atoms. The van der Waals surface area contributed by atoms with E-state index in [1.807, 2.05) is 66.7 Å². The van der Waals surface area contributed by atoms with Crippen molar-refractivity contribution in [3.8, 4) is 5.75 Å². The van der Waals surface area contributed by atoms with Gasteiger partial charge in [0.1, 0.15) is 5.75 Å². The second kappa shape index (κ2) is 10.1. The van der Waals surface area contributed by atoms with Crippen molar-refractivity contribution in [2.45, 2.75) is 15.5 Å². The summed E-state index contributed by atoms with van der Waals surface area (Å²) >= 11 is 3.24. The van der Waals surface area contributed by atoms with Crippen molar-refractivity contribution in [3.05, 3.63) is 84.4 Å². The third-order valence-electron chi connectivity index (χ3n) is 3.79. The van der Waals surface area contributed by atoms with Crippen molar-refractivity contribution in [3.63, 3.8) is 0 Å². The molecule has 5 heteroatoms. The van der Waals surface area contributed by atoms with E-state index in [-0.39, 0.29) is 5.91 Å². The van der Waals surface area contributed by atoms with Crippen LogP contribution in [0.25, 0.3) is 0 Å². The number of amides is 1. The molecule has 0 bridgehead atoms. The molecule has 3 nitrogen and oxygen atoms in total. The van der Waals surface area contributed by atoms with Crippen molar-refractivity contribution in [1.29, 1.82) is 0 Å². The molecular formula is C22H21NO2S2. The minimum absolute atomic E-state index is 0.00891. The SMILES string of the molecule is COc1ccc(CSCC(=O)Nc2ccccc2Sc2ccccc2)cc1. The molecule has 0 saturated carbocycles. The number of carbonyl (C=O) groups is 1. The quantitative estimate of drug-likeness (QED) is 0.529. The Morgan fingerprint density at radius 1 is 0.926 bits per heavy atom. The fourth-order valence-electron chi connectivity index (χ4n) is 2.44. The molecule has 0 unspecified atom stereocenters. The lowest BCUT2D eigenvalue weighted by Crippen LogP contribution is -2.14. The Kier molecular flexibility index (Phi) is 7.25. The standard InChI is InChI=1S/C22H21NO2S2/c1-25-18-13-11-17(12-14-18)15-26-16-22(24)23-20-9-5-6-10-21(20)27-19-7-3-2-4-8-19/h2-14H,15-16H2,1H3,(H,23,24). The van der Waals surface area contributed by atoms with Gasteiger partial charge in [0.2, 0.25) is 5.91 Å². The molecule has 0 saturated heterocycles. The maximum absolute atomic E-state index is 12.3. The smallest absolute Gasteiger partial charge is 0.234 e. The fourth-order valence-corrected chi connectivity index (χ4v) is 4.15. The lowest BCUT2D eigenvalue weighted by Gasteiger charge is -2.11. The summed E-state index contributed by atoms with van der Waals surface area (Å²) < 4.78 is 5.16. The number of thioether (sulfide) groups is 1. The van der Waals surface area contributed by atoms with E-state index in [2.05, 4.69) is 17.4 Å². The number of anilines is 1. The first-order valence-corrected chi connectivity index (χ1v) is 10.5. The summed E-state index contributed by atoms with van der Waals surface area (Å²) in [6.45, 7) is 0. The van der Waals surface area contributed by atoms with Crippen LogP contribution in [0.1, 0.15) is 5.56 Å². The molecule has 3 rings (SSSR count). The molecule has 0 heterocycles. The van der Waals surface area contributed by atoms with Crippen LogP contribution < -0.4 is 10.1 Å². The molecule has 1 amide bonds. The van der Waals surface area contributed by atoms with Gasteiger partial charge in [0.05, 0.1) is 18.6 Å². The van der Waals surface area contributed by atoms with Crippen molar-refractivity contribution >= 4 is 35.1 Å². The predicted molar refractivity (Wildman–Crippen MR) is 115 cm³/mol. The highest BCUT2D eigenvalue weighted by atomic mass is 32.2. The number of methoxy groups -OCH3 is 1. The maximum atomic E-state index is 12.3. The molecule has 0 aliphatic carbocycles. The molecule has 0 radical (unpaired) electrons. The van der Waals surface area contributed by atoms with Crippen LogP contribution in [0.15, 0.2) is 88.7 Å². The Morgan fingerprint density at radius 2 is 1.63 bits per heavy atom. The van der Waals surface area contributed by atoms with Crippen LogP contribution >= 0.6 is 23.5 Å². The Bertz CT molecular complexity index is 867. The molecule has 0 fully saturated rings. The molecule has 138 valence electrons. The number of carbonyl (C=O) groups excluding carboxylic acids is 1. The third-order valence-corrected chi connectivity index (χ3v) is 5.88. The topological polar surface area (TPSA) is 38.3 Å². The molecule has 0 aromatic heterocycles. The van der Waals surface area contributed by atoms with Gasteiger partial charge in [0.25, 0.3) is 0 Å². The van der Waals surface area contributed by atoms with Crippen molar-refractivity contribution in [2.75, 3.05) is 18.2 Å². The normalized spacial score (nSPS) is 10.4. The number of hydrogen-bond donors (Lipinski definition) is 1. The predicted octanol–water partition coefficient (Wildman–Crippen LogP) is 5.72. The van der Waals surface area contributed by atoms with Crippen LogP contribution in [0, 0.1) is 0 Å². The first-order chi connectivity index (χ1) is 13.2. The fraction of sp³-hybridized carbons (Fsp3) is 0.136. The van der Waals surface area contributed by atoms with Gasteiger partial charge in [-0.25, -0.2) is 0 Å². The minimum atomic E-state index is 0.00891. The van der Waals surface area contributed by atoms with Gasteiger partial charge >= 0.3 is 0 Å². The van der Waals surface area contributed by atoms with Gasteiger partial charge < -0.3 is 10.1 Å². The number of ether oxygens (including phenoxy) is 1. The molecular weight excluding hydrogens is 374 g/mol. The summed E-state index contributed by atoms with van der Waals surface area (Å²) in [4.78, 5) is 14.5. The highest BCUT2D eigenvalue weighted by molar-refractivity contribution is 7.99. The zero-order chi connectivity index (χ0) is 18.9. The van der Waals surface area contributed by atoms with Crippen molar-refractivity contribution in [2.24, 2.45) is 0 Å². The van der Waals surface area contributed by atoms with Gasteiger partial charge in [-0.2, -0.15) is 0 Å². The third kappa shape index (κ3) is 6.08. The highest BCUT2D eigenvalue weighted by Crippen LogP contribution is 2.33. The average molecular weight is 396 g/mol. The summed E-state index contributed by atoms with van der Waals surface area (Å²) in [6.07, 6.45) is 0. The summed E-state index contributed by atoms with van der Waals surface area (Å²) in [6, 6.07) is 26.0. The molecule has 0 aliphatic heterocycles. The van der Waals surface area contributed by atoms with E-state index in [0.29, 0.717) is 5.75 Å². The molecule has 3 aromatic carbocycles. The van der Waals surface area contributed by atoms with E-state index < -0.39 is 0 Å². The van der Waals surface area contributed by atoms with Crippen LogP contribution in [0.3, 0.4) is 0 Å². The van der Waals surface area contributed by atoms with Gasteiger partial charge in [0.15, 0.2) is 0 Å². The minimum Gasteiger partial charge on any atom is -0.497 e. The maximum Gasteiger partial charge on any atom is 0.234 e. The van der Waals surface area contributed by atoms with Gasteiger partial charge in [0, 0.05) is 15.5 Å². The van der Waals surface area contributed by atoms with Gasteiger partial charge in [-0.1, -0.05) is 54.2 Å². The van der Waals surface area contributed by atoms with E-state index in [1.165, 1.54) is 5.56 Å².